The average molecular weight is 488 g/mol. The van der Waals surface area contributed by atoms with Crippen LogP contribution in [0.25, 0.3) is 66.6 Å². The molecule has 0 aliphatic carbocycles. The first-order valence-electron chi connectivity index (χ1n) is 12.6. The fourth-order valence-corrected chi connectivity index (χ4v) is 5.52. The minimum atomic E-state index is 0.859. The summed E-state index contributed by atoms with van der Waals surface area (Å²) in [5, 5.41) is 1.09. The van der Waals surface area contributed by atoms with Crippen LogP contribution in [0.1, 0.15) is 0 Å². The van der Waals surface area contributed by atoms with E-state index in [1.807, 2.05) is 42.7 Å². The maximum absolute atomic E-state index is 5.26. The highest BCUT2D eigenvalue weighted by Crippen LogP contribution is 2.36. The molecule has 5 aromatic heterocycles. The Morgan fingerprint density at radius 2 is 1.21 bits per heavy atom. The third-order valence-electron chi connectivity index (χ3n) is 7.21. The smallest absolute Gasteiger partial charge is 0.137 e. The first kappa shape index (κ1) is 20.9. The van der Waals surface area contributed by atoms with Crippen LogP contribution in [0.3, 0.4) is 0 Å². The molecule has 0 amide bonds. The standard InChI is InChI=1S/C33H21N5/c1-3-10-22(11-4-1)23-17-18-30(35-21-23)38-26-15-8-7-14-25(26)31-28(38)20-29-33(36-31)32-27(16-9-19-34-32)37(29)24-12-5-2-6-13-24/h1-21H. The molecule has 5 heterocycles. The number of aromatic nitrogens is 5. The first-order chi connectivity index (χ1) is 18.9. The van der Waals surface area contributed by atoms with Crippen molar-refractivity contribution < 1.29 is 0 Å². The summed E-state index contributed by atoms with van der Waals surface area (Å²) in [4.78, 5) is 14.9. The van der Waals surface area contributed by atoms with Crippen LogP contribution in [0.15, 0.2) is 128 Å². The summed E-state index contributed by atoms with van der Waals surface area (Å²) < 4.78 is 4.46. The number of pyridine rings is 3. The summed E-state index contributed by atoms with van der Waals surface area (Å²) in [5.74, 6) is 0.859. The molecule has 5 heteroatoms. The van der Waals surface area contributed by atoms with Crippen LogP contribution in [0.2, 0.25) is 0 Å². The molecule has 0 atom stereocenters. The van der Waals surface area contributed by atoms with Crippen LogP contribution < -0.4 is 0 Å². The molecule has 0 bridgehead atoms. The van der Waals surface area contributed by atoms with Crippen LogP contribution in [-0.4, -0.2) is 24.1 Å². The second kappa shape index (κ2) is 8.11. The van der Waals surface area contributed by atoms with Crippen molar-refractivity contribution >= 4 is 44.0 Å². The van der Waals surface area contributed by atoms with Gasteiger partial charge in [0.05, 0.1) is 27.6 Å². The summed E-state index contributed by atoms with van der Waals surface area (Å²) >= 11 is 0. The molecule has 38 heavy (non-hydrogen) atoms. The van der Waals surface area contributed by atoms with Gasteiger partial charge in [-0.1, -0.05) is 66.7 Å². The quantitative estimate of drug-likeness (QED) is 0.256. The van der Waals surface area contributed by atoms with Crippen molar-refractivity contribution in [1.29, 1.82) is 0 Å². The van der Waals surface area contributed by atoms with Crippen molar-refractivity contribution in [2.24, 2.45) is 0 Å². The Morgan fingerprint density at radius 1 is 0.474 bits per heavy atom. The lowest BCUT2D eigenvalue weighted by Crippen LogP contribution is -1.98. The second-order valence-electron chi connectivity index (χ2n) is 9.39. The molecule has 0 aliphatic rings. The SMILES string of the molecule is c1ccc(-c2ccc(-n3c4ccccc4c4nc5c6ncccc6n(-c6ccccc6)c5cc43)nc2)cc1. The van der Waals surface area contributed by atoms with E-state index >= 15 is 0 Å². The monoisotopic (exact) mass is 487 g/mol. The van der Waals surface area contributed by atoms with Gasteiger partial charge in [0.1, 0.15) is 16.9 Å². The number of hydrogen-bond donors (Lipinski definition) is 0. The highest BCUT2D eigenvalue weighted by molar-refractivity contribution is 6.14. The lowest BCUT2D eigenvalue weighted by atomic mass is 10.1. The Labute approximate surface area is 218 Å². The van der Waals surface area contributed by atoms with Gasteiger partial charge in [0, 0.05) is 29.0 Å². The molecule has 0 saturated heterocycles. The second-order valence-corrected chi connectivity index (χ2v) is 9.39. The number of fused-ring (bicyclic) bond motifs is 6. The molecule has 0 saturated carbocycles. The maximum atomic E-state index is 5.26. The Kier molecular flexibility index (Phi) is 4.45. The van der Waals surface area contributed by atoms with Gasteiger partial charge >= 0.3 is 0 Å². The van der Waals surface area contributed by atoms with Crippen molar-refractivity contribution in [2.45, 2.75) is 0 Å². The summed E-state index contributed by atoms with van der Waals surface area (Å²) in [6.07, 6.45) is 3.78. The minimum Gasteiger partial charge on any atom is -0.306 e. The molecular weight excluding hydrogens is 466 g/mol. The largest absolute Gasteiger partial charge is 0.306 e. The summed E-state index contributed by atoms with van der Waals surface area (Å²) in [5.41, 5.74) is 10.2. The molecule has 0 unspecified atom stereocenters. The fraction of sp³-hybridized carbons (Fsp3) is 0. The molecule has 8 rings (SSSR count). The minimum absolute atomic E-state index is 0.859. The molecule has 0 N–H and O–H groups in total. The molecule has 0 radical (unpaired) electrons. The van der Waals surface area contributed by atoms with Gasteiger partial charge in [-0.2, -0.15) is 0 Å². The van der Waals surface area contributed by atoms with Gasteiger partial charge < -0.3 is 4.57 Å². The van der Waals surface area contributed by atoms with Gasteiger partial charge in [-0.25, -0.2) is 9.97 Å². The van der Waals surface area contributed by atoms with Gasteiger partial charge in [0.2, 0.25) is 0 Å². The third-order valence-corrected chi connectivity index (χ3v) is 7.21. The summed E-state index contributed by atoms with van der Waals surface area (Å²) in [6.45, 7) is 0. The van der Waals surface area contributed by atoms with Crippen LogP contribution in [0, 0.1) is 0 Å². The Hall–Kier alpha value is -5.29. The van der Waals surface area contributed by atoms with Gasteiger partial charge in [0.25, 0.3) is 0 Å². The van der Waals surface area contributed by atoms with E-state index in [9.17, 15) is 0 Å². The normalized spacial score (nSPS) is 11.7. The van der Waals surface area contributed by atoms with E-state index in [-0.39, 0.29) is 0 Å². The van der Waals surface area contributed by atoms with Crippen LogP contribution in [0.5, 0.6) is 0 Å². The predicted octanol–water partition coefficient (Wildman–Crippen LogP) is 7.73. The van der Waals surface area contributed by atoms with Crippen molar-refractivity contribution in [3.8, 4) is 22.6 Å². The average Bonchev–Trinajstić information content (AvgIpc) is 3.49. The van der Waals surface area contributed by atoms with Crippen LogP contribution >= 0.6 is 0 Å². The Morgan fingerprint density at radius 3 is 2.03 bits per heavy atom. The van der Waals surface area contributed by atoms with Gasteiger partial charge in [0.15, 0.2) is 0 Å². The van der Waals surface area contributed by atoms with Gasteiger partial charge in [-0.3, -0.25) is 9.55 Å². The Bertz CT molecular complexity index is 2110. The van der Waals surface area contributed by atoms with Gasteiger partial charge in [-0.05, 0) is 54.1 Å². The van der Waals surface area contributed by atoms with Crippen molar-refractivity contribution in [3.63, 3.8) is 0 Å². The maximum Gasteiger partial charge on any atom is 0.137 e. The number of hydrogen-bond acceptors (Lipinski definition) is 3. The third kappa shape index (κ3) is 3.02. The highest BCUT2D eigenvalue weighted by atomic mass is 15.1. The molecular formula is C33H21N5. The number of rotatable bonds is 3. The van der Waals surface area contributed by atoms with E-state index < -0.39 is 0 Å². The summed E-state index contributed by atoms with van der Waals surface area (Å²) in [7, 11) is 0. The zero-order valence-corrected chi connectivity index (χ0v) is 20.4. The molecule has 178 valence electrons. The molecule has 0 fully saturated rings. The van der Waals surface area contributed by atoms with Crippen molar-refractivity contribution in [3.05, 3.63) is 128 Å². The molecule has 8 aromatic rings. The van der Waals surface area contributed by atoms with Crippen molar-refractivity contribution in [1.82, 2.24) is 24.1 Å². The van der Waals surface area contributed by atoms with E-state index in [0.717, 1.165) is 66.6 Å². The zero-order chi connectivity index (χ0) is 25.1. The number of benzene rings is 3. The highest BCUT2D eigenvalue weighted by Gasteiger charge is 2.20. The number of nitrogens with zero attached hydrogens (tertiary/aromatic N) is 5. The zero-order valence-electron chi connectivity index (χ0n) is 20.4. The van der Waals surface area contributed by atoms with E-state index in [1.165, 1.54) is 0 Å². The van der Waals surface area contributed by atoms with E-state index in [0.29, 0.717) is 0 Å². The fourth-order valence-electron chi connectivity index (χ4n) is 5.52. The van der Waals surface area contributed by atoms with Crippen LogP contribution in [0.4, 0.5) is 0 Å². The summed E-state index contributed by atoms with van der Waals surface area (Å²) in [6, 6.07) is 39.7. The molecule has 0 spiro atoms. The lowest BCUT2D eigenvalue weighted by Gasteiger charge is -2.09. The van der Waals surface area contributed by atoms with E-state index in [2.05, 4.69) is 94.1 Å². The van der Waals surface area contributed by atoms with Crippen molar-refractivity contribution in [2.75, 3.05) is 0 Å². The Balaban J connectivity index is 1.45. The van der Waals surface area contributed by atoms with E-state index in [4.69, 9.17) is 15.0 Å². The van der Waals surface area contributed by atoms with Gasteiger partial charge in [-0.15, -0.1) is 0 Å². The first-order valence-corrected chi connectivity index (χ1v) is 12.6. The molecule has 0 aliphatic heterocycles. The van der Waals surface area contributed by atoms with Crippen LogP contribution in [-0.2, 0) is 0 Å². The topological polar surface area (TPSA) is 48.5 Å². The van der Waals surface area contributed by atoms with E-state index in [1.54, 1.807) is 0 Å². The number of para-hydroxylation sites is 2. The lowest BCUT2D eigenvalue weighted by molar-refractivity contribution is 1.08. The molecule has 5 nitrogen and oxygen atoms in total. The predicted molar refractivity (Wildman–Crippen MR) is 154 cm³/mol. The molecule has 3 aromatic carbocycles.